The summed E-state index contributed by atoms with van der Waals surface area (Å²) in [5.41, 5.74) is 2.37. The summed E-state index contributed by atoms with van der Waals surface area (Å²) >= 11 is 0. The van der Waals surface area contributed by atoms with Crippen molar-refractivity contribution in [3.05, 3.63) is 66.0 Å². The molecule has 1 saturated heterocycles. The standard InChI is InChI=1S/C17H20N2O/c1-2-6-14(7-3-1)12-18-13-15-9-10-17(20-15)16-8-4-5-11-19-16/h1-8,11,15,17-18H,9-10,12-13H2. The van der Waals surface area contributed by atoms with Crippen molar-refractivity contribution in [2.75, 3.05) is 6.54 Å². The Labute approximate surface area is 120 Å². The summed E-state index contributed by atoms with van der Waals surface area (Å²) in [6.07, 6.45) is 4.46. The predicted octanol–water partition coefficient (Wildman–Crippen LogP) is 3.09. The van der Waals surface area contributed by atoms with E-state index in [1.54, 1.807) is 0 Å². The summed E-state index contributed by atoms with van der Waals surface area (Å²) in [6, 6.07) is 16.5. The molecule has 2 heterocycles. The Bertz CT molecular complexity index is 515. The van der Waals surface area contributed by atoms with Gasteiger partial charge >= 0.3 is 0 Å². The molecule has 3 heteroatoms. The quantitative estimate of drug-likeness (QED) is 0.905. The van der Waals surface area contributed by atoms with Gasteiger partial charge in [-0.3, -0.25) is 4.98 Å². The zero-order valence-electron chi connectivity index (χ0n) is 11.5. The molecule has 0 radical (unpaired) electrons. The van der Waals surface area contributed by atoms with Gasteiger partial charge in [0.05, 0.1) is 17.9 Å². The van der Waals surface area contributed by atoms with E-state index >= 15 is 0 Å². The minimum Gasteiger partial charge on any atom is -0.367 e. The highest BCUT2D eigenvalue weighted by Crippen LogP contribution is 2.31. The predicted molar refractivity (Wildman–Crippen MR) is 79.2 cm³/mol. The molecule has 0 saturated carbocycles. The summed E-state index contributed by atoms with van der Waals surface area (Å²) in [5.74, 6) is 0. The van der Waals surface area contributed by atoms with Crippen LogP contribution in [0.4, 0.5) is 0 Å². The first-order chi connectivity index (χ1) is 9.92. The van der Waals surface area contributed by atoms with Crippen molar-refractivity contribution >= 4 is 0 Å². The van der Waals surface area contributed by atoms with Crippen LogP contribution in [0, 0.1) is 0 Å². The zero-order valence-corrected chi connectivity index (χ0v) is 11.5. The molecule has 0 amide bonds. The fraction of sp³-hybridized carbons (Fsp3) is 0.353. The molecule has 1 aromatic carbocycles. The smallest absolute Gasteiger partial charge is 0.0999 e. The van der Waals surface area contributed by atoms with Crippen LogP contribution >= 0.6 is 0 Å². The number of nitrogens with zero attached hydrogens (tertiary/aromatic N) is 1. The summed E-state index contributed by atoms with van der Waals surface area (Å²) in [7, 11) is 0. The maximum absolute atomic E-state index is 6.06. The lowest BCUT2D eigenvalue weighted by molar-refractivity contribution is 0.0424. The van der Waals surface area contributed by atoms with Gasteiger partial charge in [0.2, 0.25) is 0 Å². The number of benzene rings is 1. The molecule has 0 spiro atoms. The van der Waals surface area contributed by atoms with E-state index in [4.69, 9.17) is 4.74 Å². The van der Waals surface area contributed by atoms with Gasteiger partial charge in [-0.05, 0) is 30.5 Å². The van der Waals surface area contributed by atoms with Gasteiger partial charge in [-0.2, -0.15) is 0 Å². The van der Waals surface area contributed by atoms with Crippen LogP contribution in [0.25, 0.3) is 0 Å². The summed E-state index contributed by atoms with van der Waals surface area (Å²) in [4.78, 5) is 4.38. The minimum atomic E-state index is 0.166. The van der Waals surface area contributed by atoms with Crippen LogP contribution in [0.1, 0.15) is 30.2 Å². The first kappa shape index (κ1) is 13.3. The minimum absolute atomic E-state index is 0.166. The Hall–Kier alpha value is -1.71. The molecule has 1 aliphatic heterocycles. The first-order valence-electron chi connectivity index (χ1n) is 7.23. The molecule has 0 aliphatic carbocycles. The van der Waals surface area contributed by atoms with Crippen molar-refractivity contribution in [3.8, 4) is 0 Å². The lowest BCUT2D eigenvalue weighted by atomic mass is 10.1. The van der Waals surface area contributed by atoms with E-state index in [-0.39, 0.29) is 6.10 Å². The van der Waals surface area contributed by atoms with Crippen LogP contribution in [0.15, 0.2) is 54.7 Å². The molecule has 1 aromatic heterocycles. The Balaban J connectivity index is 1.44. The number of nitrogens with one attached hydrogen (secondary N) is 1. The van der Waals surface area contributed by atoms with Gasteiger partial charge < -0.3 is 10.1 Å². The van der Waals surface area contributed by atoms with E-state index in [0.29, 0.717) is 6.10 Å². The van der Waals surface area contributed by atoms with E-state index in [0.717, 1.165) is 31.6 Å². The number of aromatic nitrogens is 1. The molecule has 20 heavy (non-hydrogen) atoms. The van der Waals surface area contributed by atoms with Crippen molar-refractivity contribution < 1.29 is 4.74 Å². The molecule has 2 aromatic rings. The molecule has 3 rings (SSSR count). The zero-order chi connectivity index (χ0) is 13.6. The second kappa shape index (κ2) is 6.64. The molecule has 1 aliphatic rings. The Morgan fingerprint density at radius 1 is 1.05 bits per heavy atom. The summed E-state index contributed by atoms with van der Waals surface area (Å²) in [6.45, 7) is 1.80. The third kappa shape index (κ3) is 3.44. The second-order valence-corrected chi connectivity index (χ2v) is 5.20. The number of ether oxygens (including phenoxy) is 1. The maximum atomic E-state index is 6.06. The van der Waals surface area contributed by atoms with Crippen molar-refractivity contribution in [1.82, 2.24) is 10.3 Å². The normalized spacial score (nSPS) is 22.0. The van der Waals surface area contributed by atoms with Gasteiger partial charge in [0.25, 0.3) is 0 Å². The van der Waals surface area contributed by atoms with Gasteiger partial charge in [-0.25, -0.2) is 0 Å². The molecule has 0 bridgehead atoms. The van der Waals surface area contributed by atoms with Crippen LogP contribution in [-0.4, -0.2) is 17.6 Å². The van der Waals surface area contributed by atoms with Crippen molar-refractivity contribution in [2.24, 2.45) is 0 Å². The maximum Gasteiger partial charge on any atom is 0.0999 e. The van der Waals surface area contributed by atoms with Crippen LogP contribution in [-0.2, 0) is 11.3 Å². The highest BCUT2D eigenvalue weighted by molar-refractivity contribution is 5.14. The van der Waals surface area contributed by atoms with Crippen LogP contribution in [0.3, 0.4) is 0 Å². The van der Waals surface area contributed by atoms with Crippen molar-refractivity contribution in [2.45, 2.75) is 31.6 Å². The average Bonchev–Trinajstić information content (AvgIpc) is 2.98. The van der Waals surface area contributed by atoms with Gasteiger partial charge in [-0.1, -0.05) is 36.4 Å². The van der Waals surface area contributed by atoms with E-state index in [1.807, 2.05) is 30.5 Å². The lowest BCUT2D eigenvalue weighted by Crippen LogP contribution is -2.26. The molecule has 2 unspecified atom stereocenters. The first-order valence-corrected chi connectivity index (χ1v) is 7.23. The van der Waals surface area contributed by atoms with Gasteiger partial charge in [-0.15, -0.1) is 0 Å². The number of hydrogen-bond donors (Lipinski definition) is 1. The monoisotopic (exact) mass is 268 g/mol. The molecule has 104 valence electrons. The largest absolute Gasteiger partial charge is 0.367 e. The fourth-order valence-electron chi connectivity index (χ4n) is 2.61. The molecular formula is C17H20N2O. The summed E-state index contributed by atoms with van der Waals surface area (Å²) in [5, 5.41) is 3.47. The molecule has 3 nitrogen and oxygen atoms in total. The van der Waals surface area contributed by atoms with Crippen molar-refractivity contribution in [3.63, 3.8) is 0 Å². The summed E-state index contributed by atoms with van der Waals surface area (Å²) < 4.78 is 6.06. The topological polar surface area (TPSA) is 34.2 Å². The lowest BCUT2D eigenvalue weighted by Gasteiger charge is -2.14. The molecule has 1 fully saturated rings. The molecule has 2 atom stereocenters. The second-order valence-electron chi connectivity index (χ2n) is 5.20. The van der Waals surface area contributed by atoms with E-state index in [2.05, 4.69) is 34.6 Å². The van der Waals surface area contributed by atoms with Crippen molar-refractivity contribution in [1.29, 1.82) is 0 Å². The van der Waals surface area contributed by atoms with E-state index in [9.17, 15) is 0 Å². The number of hydrogen-bond acceptors (Lipinski definition) is 3. The van der Waals surface area contributed by atoms with Crippen LogP contribution < -0.4 is 5.32 Å². The van der Waals surface area contributed by atoms with Crippen LogP contribution in [0.2, 0.25) is 0 Å². The molecule has 1 N–H and O–H groups in total. The van der Waals surface area contributed by atoms with E-state index < -0.39 is 0 Å². The number of pyridine rings is 1. The SMILES string of the molecule is c1ccc(CNCC2CCC(c3ccccn3)O2)cc1. The number of rotatable bonds is 5. The Morgan fingerprint density at radius 3 is 2.70 bits per heavy atom. The Morgan fingerprint density at radius 2 is 1.90 bits per heavy atom. The third-order valence-electron chi connectivity index (χ3n) is 3.67. The average molecular weight is 268 g/mol. The van der Waals surface area contributed by atoms with Gasteiger partial charge in [0, 0.05) is 19.3 Å². The van der Waals surface area contributed by atoms with Crippen LogP contribution in [0.5, 0.6) is 0 Å². The van der Waals surface area contributed by atoms with Gasteiger partial charge in [0.15, 0.2) is 0 Å². The highest BCUT2D eigenvalue weighted by atomic mass is 16.5. The highest BCUT2D eigenvalue weighted by Gasteiger charge is 2.26. The van der Waals surface area contributed by atoms with Gasteiger partial charge in [0.1, 0.15) is 0 Å². The molecular weight excluding hydrogens is 248 g/mol. The Kier molecular flexibility index (Phi) is 4.41. The van der Waals surface area contributed by atoms with E-state index in [1.165, 1.54) is 5.56 Å². The third-order valence-corrected chi connectivity index (χ3v) is 3.67. The fourth-order valence-corrected chi connectivity index (χ4v) is 2.61.